The van der Waals surface area contributed by atoms with E-state index in [1.54, 1.807) is 11.0 Å². The number of carbonyl (C=O) groups excluding carboxylic acids is 2. The lowest BCUT2D eigenvalue weighted by atomic mass is 10.0. The minimum Gasteiger partial charge on any atom is -0.378 e. The third-order valence-electron chi connectivity index (χ3n) is 4.14. The van der Waals surface area contributed by atoms with Gasteiger partial charge in [-0.15, -0.1) is 12.4 Å². The number of halogens is 2. The molecule has 132 valence electrons. The molecule has 3 rings (SSSR count). The van der Waals surface area contributed by atoms with Gasteiger partial charge in [-0.25, -0.2) is 0 Å². The second kappa shape index (κ2) is 8.67. The SMILES string of the molecule is Cl.O=C(NC1CCCN(c2ccccc2Cl)C1=O)C1COCCN1. The number of nitrogens with one attached hydrogen (secondary N) is 2. The molecular weight excluding hydrogens is 353 g/mol. The third kappa shape index (κ3) is 4.19. The van der Waals surface area contributed by atoms with Gasteiger partial charge in [-0.1, -0.05) is 23.7 Å². The molecule has 2 heterocycles. The van der Waals surface area contributed by atoms with E-state index in [-0.39, 0.29) is 24.2 Å². The van der Waals surface area contributed by atoms with Crippen LogP contribution in [-0.2, 0) is 14.3 Å². The van der Waals surface area contributed by atoms with Crippen molar-refractivity contribution in [2.75, 3.05) is 31.2 Å². The summed E-state index contributed by atoms with van der Waals surface area (Å²) in [5.41, 5.74) is 0.692. The Bertz CT molecular complexity index is 594. The predicted molar refractivity (Wildman–Crippen MR) is 94.8 cm³/mol. The highest BCUT2D eigenvalue weighted by atomic mass is 35.5. The molecule has 24 heavy (non-hydrogen) atoms. The summed E-state index contributed by atoms with van der Waals surface area (Å²) in [6.45, 7) is 2.19. The molecule has 2 N–H and O–H groups in total. The van der Waals surface area contributed by atoms with E-state index in [4.69, 9.17) is 16.3 Å². The summed E-state index contributed by atoms with van der Waals surface area (Å²) in [4.78, 5) is 26.6. The zero-order valence-electron chi connectivity index (χ0n) is 13.2. The zero-order valence-corrected chi connectivity index (χ0v) is 14.7. The predicted octanol–water partition coefficient (Wildman–Crippen LogP) is 1.36. The molecule has 0 spiro atoms. The maximum absolute atomic E-state index is 12.7. The van der Waals surface area contributed by atoms with Crippen molar-refractivity contribution >= 4 is 41.5 Å². The summed E-state index contributed by atoms with van der Waals surface area (Å²) in [5.74, 6) is -0.307. The van der Waals surface area contributed by atoms with Gasteiger partial charge in [-0.3, -0.25) is 9.59 Å². The number of morpholine rings is 1. The molecule has 8 heteroatoms. The highest BCUT2D eigenvalue weighted by Gasteiger charge is 2.33. The van der Waals surface area contributed by atoms with Crippen LogP contribution >= 0.6 is 24.0 Å². The summed E-state index contributed by atoms with van der Waals surface area (Å²) in [5, 5.41) is 6.47. The summed E-state index contributed by atoms with van der Waals surface area (Å²) < 4.78 is 5.29. The number of ether oxygens (including phenoxy) is 1. The number of amides is 2. The van der Waals surface area contributed by atoms with Crippen LogP contribution in [0.2, 0.25) is 5.02 Å². The van der Waals surface area contributed by atoms with Crippen LogP contribution in [0.25, 0.3) is 0 Å². The van der Waals surface area contributed by atoms with E-state index in [2.05, 4.69) is 10.6 Å². The Morgan fingerprint density at radius 2 is 2.17 bits per heavy atom. The molecular formula is C16H21Cl2N3O3. The Balaban J connectivity index is 0.00000208. The van der Waals surface area contributed by atoms with Crippen LogP contribution in [0.3, 0.4) is 0 Å². The van der Waals surface area contributed by atoms with Gasteiger partial charge in [0, 0.05) is 13.1 Å². The third-order valence-corrected chi connectivity index (χ3v) is 4.46. The van der Waals surface area contributed by atoms with Gasteiger partial charge in [-0.2, -0.15) is 0 Å². The largest absolute Gasteiger partial charge is 0.378 e. The lowest BCUT2D eigenvalue weighted by molar-refractivity contribution is -0.131. The van der Waals surface area contributed by atoms with Gasteiger partial charge in [0.2, 0.25) is 11.8 Å². The Kier molecular flexibility index (Phi) is 6.86. The van der Waals surface area contributed by atoms with Crippen LogP contribution in [-0.4, -0.2) is 50.2 Å². The van der Waals surface area contributed by atoms with E-state index in [1.165, 1.54) is 0 Å². The fraction of sp³-hybridized carbons (Fsp3) is 0.500. The monoisotopic (exact) mass is 373 g/mol. The van der Waals surface area contributed by atoms with Crippen molar-refractivity contribution in [3.8, 4) is 0 Å². The number of rotatable bonds is 3. The Labute approximate surface area is 152 Å². The fourth-order valence-electron chi connectivity index (χ4n) is 2.93. The number of benzene rings is 1. The Morgan fingerprint density at radius 1 is 1.38 bits per heavy atom. The van der Waals surface area contributed by atoms with Gasteiger partial charge < -0.3 is 20.3 Å². The van der Waals surface area contributed by atoms with Gasteiger partial charge in [-0.05, 0) is 25.0 Å². The van der Waals surface area contributed by atoms with Crippen molar-refractivity contribution in [2.24, 2.45) is 0 Å². The number of hydrogen-bond acceptors (Lipinski definition) is 4. The fourth-order valence-corrected chi connectivity index (χ4v) is 3.16. The van der Waals surface area contributed by atoms with E-state index in [0.717, 1.165) is 6.42 Å². The summed E-state index contributed by atoms with van der Waals surface area (Å²) >= 11 is 6.19. The van der Waals surface area contributed by atoms with E-state index in [1.807, 2.05) is 18.2 Å². The molecule has 0 radical (unpaired) electrons. The number of para-hydroxylation sites is 1. The average Bonchev–Trinajstić information content (AvgIpc) is 2.58. The van der Waals surface area contributed by atoms with Crippen molar-refractivity contribution < 1.29 is 14.3 Å². The number of piperidine rings is 1. The van der Waals surface area contributed by atoms with Gasteiger partial charge in [0.15, 0.2) is 0 Å². The van der Waals surface area contributed by atoms with Crippen LogP contribution in [0.4, 0.5) is 5.69 Å². The lowest BCUT2D eigenvalue weighted by Gasteiger charge is -2.34. The molecule has 2 fully saturated rings. The van der Waals surface area contributed by atoms with Crippen LogP contribution in [0.5, 0.6) is 0 Å². The second-order valence-corrected chi connectivity index (χ2v) is 6.13. The molecule has 1 aromatic rings. The number of anilines is 1. The molecule has 2 aliphatic rings. The quantitative estimate of drug-likeness (QED) is 0.838. The van der Waals surface area contributed by atoms with Gasteiger partial charge in [0.1, 0.15) is 12.1 Å². The maximum atomic E-state index is 12.7. The summed E-state index contributed by atoms with van der Waals surface area (Å²) in [6.07, 6.45) is 1.45. The van der Waals surface area contributed by atoms with Crippen molar-refractivity contribution in [2.45, 2.75) is 24.9 Å². The molecule has 2 saturated heterocycles. The first-order chi connectivity index (χ1) is 11.2. The normalized spacial score (nSPS) is 24.2. The lowest BCUT2D eigenvalue weighted by Crippen LogP contribution is -2.58. The molecule has 2 aliphatic heterocycles. The van der Waals surface area contributed by atoms with Crippen LogP contribution in [0.15, 0.2) is 24.3 Å². The van der Waals surface area contributed by atoms with Gasteiger partial charge >= 0.3 is 0 Å². The van der Waals surface area contributed by atoms with E-state index < -0.39 is 12.1 Å². The molecule has 2 atom stereocenters. The molecule has 6 nitrogen and oxygen atoms in total. The number of nitrogens with zero attached hydrogens (tertiary/aromatic N) is 1. The van der Waals surface area contributed by atoms with Gasteiger partial charge in [0.25, 0.3) is 0 Å². The average molecular weight is 374 g/mol. The number of carbonyl (C=O) groups is 2. The Hall–Kier alpha value is -1.34. The molecule has 1 aromatic carbocycles. The molecule has 0 aromatic heterocycles. The highest BCUT2D eigenvalue weighted by molar-refractivity contribution is 6.33. The van der Waals surface area contributed by atoms with Crippen molar-refractivity contribution in [1.29, 1.82) is 0 Å². The summed E-state index contributed by atoms with van der Waals surface area (Å²) in [7, 11) is 0. The minimum atomic E-state index is -0.517. The highest BCUT2D eigenvalue weighted by Crippen LogP contribution is 2.28. The zero-order chi connectivity index (χ0) is 16.2. The van der Waals surface area contributed by atoms with E-state index >= 15 is 0 Å². The molecule has 2 amide bonds. The smallest absolute Gasteiger partial charge is 0.249 e. The van der Waals surface area contributed by atoms with E-state index in [9.17, 15) is 9.59 Å². The maximum Gasteiger partial charge on any atom is 0.249 e. The first-order valence-corrected chi connectivity index (χ1v) is 8.22. The van der Waals surface area contributed by atoms with Crippen LogP contribution in [0, 0.1) is 0 Å². The molecule has 0 saturated carbocycles. The summed E-state index contributed by atoms with van der Waals surface area (Å²) in [6, 6.07) is 6.34. The van der Waals surface area contributed by atoms with Crippen molar-refractivity contribution in [3.05, 3.63) is 29.3 Å². The second-order valence-electron chi connectivity index (χ2n) is 5.73. The first kappa shape index (κ1) is 19.0. The standard InChI is InChI=1S/C16H20ClN3O3.ClH/c17-11-4-1-2-6-14(11)20-8-3-5-12(16(20)22)19-15(21)13-10-23-9-7-18-13;/h1-2,4,6,12-13,18H,3,5,7-10H2,(H,19,21);1H. The Morgan fingerprint density at radius 3 is 2.88 bits per heavy atom. The molecule has 2 unspecified atom stereocenters. The van der Waals surface area contributed by atoms with Crippen LogP contribution in [0.1, 0.15) is 12.8 Å². The molecule has 0 bridgehead atoms. The van der Waals surface area contributed by atoms with Crippen LogP contribution < -0.4 is 15.5 Å². The van der Waals surface area contributed by atoms with Gasteiger partial charge in [0.05, 0.1) is 23.9 Å². The number of hydrogen-bond donors (Lipinski definition) is 2. The van der Waals surface area contributed by atoms with Crippen molar-refractivity contribution in [1.82, 2.24) is 10.6 Å². The first-order valence-electron chi connectivity index (χ1n) is 7.84. The molecule has 0 aliphatic carbocycles. The minimum absolute atomic E-state index is 0. The topological polar surface area (TPSA) is 70.7 Å². The van der Waals surface area contributed by atoms with E-state index in [0.29, 0.717) is 43.4 Å². The van der Waals surface area contributed by atoms with Crippen molar-refractivity contribution in [3.63, 3.8) is 0 Å².